The fourth-order valence-electron chi connectivity index (χ4n) is 4.10. The number of carbonyl (C=O) groups is 1. The highest BCUT2D eigenvalue weighted by Crippen LogP contribution is 2.19. The molecule has 0 atom stereocenters. The van der Waals surface area contributed by atoms with Crippen molar-refractivity contribution in [1.82, 2.24) is 20.5 Å². The molecule has 31 heavy (non-hydrogen) atoms. The van der Waals surface area contributed by atoms with Gasteiger partial charge in [0.15, 0.2) is 5.96 Å². The zero-order valence-corrected chi connectivity index (χ0v) is 18.4. The van der Waals surface area contributed by atoms with Crippen LogP contribution in [0.1, 0.15) is 38.2 Å². The number of fused-ring (bicyclic) bond motifs is 1. The summed E-state index contributed by atoms with van der Waals surface area (Å²) >= 11 is 0. The number of piperidine rings is 1. The molecule has 0 unspecified atom stereocenters. The molecule has 0 saturated carbocycles. The van der Waals surface area contributed by atoms with Gasteiger partial charge in [-0.15, -0.1) is 0 Å². The lowest BCUT2D eigenvalue weighted by Crippen LogP contribution is -2.39. The number of aromatic nitrogens is 1. The maximum Gasteiger partial charge on any atom is 0.220 e. The molecule has 5 N–H and O–H groups in total. The van der Waals surface area contributed by atoms with E-state index in [0.29, 0.717) is 0 Å². The number of hydrogen-bond acceptors (Lipinski definition) is 3. The summed E-state index contributed by atoms with van der Waals surface area (Å²) in [5, 5.41) is 7.74. The zero-order valence-electron chi connectivity index (χ0n) is 18.4. The second-order valence-corrected chi connectivity index (χ2v) is 8.17. The number of nitrogens with zero attached hydrogens (tertiary/aromatic N) is 2. The van der Waals surface area contributed by atoms with Gasteiger partial charge in [-0.2, -0.15) is 0 Å². The van der Waals surface area contributed by atoms with Crippen LogP contribution in [0, 0.1) is 11.7 Å². The molecule has 8 heteroatoms. The molecule has 1 aliphatic rings. The molecule has 0 spiro atoms. The maximum atomic E-state index is 13.3. The number of nitrogens with two attached hydrogens (primary N) is 1. The lowest BCUT2D eigenvalue weighted by atomic mass is 9.96. The minimum atomic E-state index is -0.226. The Hall–Kier alpha value is -2.61. The van der Waals surface area contributed by atoms with Crippen LogP contribution in [0.25, 0.3) is 10.9 Å². The third kappa shape index (κ3) is 6.95. The van der Waals surface area contributed by atoms with Crippen LogP contribution < -0.4 is 16.4 Å². The molecule has 0 radical (unpaired) electrons. The van der Waals surface area contributed by atoms with Crippen LogP contribution in [-0.4, -0.2) is 61.0 Å². The van der Waals surface area contributed by atoms with Crippen molar-refractivity contribution in [2.45, 2.75) is 39.0 Å². The monoisotopic (exact) mass is 430 g/mol. The molecule has 3 rings (SSSR count). The summed E-state index contributed by atoms with van der Waals surface area (Å²) < 4.78 is 13.3. The van der Waals surface area contributed by atoms with Crippen molar-refractivity contribution < 1.29 is 9.18 Å². The van der Waals surface area contributed by atoms with Crippen LogP contribution in [0.4, 0.5) is 4.39 Å². The van der Waals surface area contributed by atoms with Crippen LogP contribution >= 0.6 is 0 Å². The molecule has 1 fully saturated rings. The Balaban J connectivity index is 1.36. The van der Waals surface area contributed by atoms with E-state index >= 15 is 0 Å². The Labute approximate surface area is 183 Å². The topological polar surface area (TPSA) is 98.5 Å². The molecular weight excluding hydrogens is 395 g/mol. The highest BCUT2D eigenvalue weighted by atomic mass is 19.1. The number of likely N-dealkylation sites (tertiary alicyclic amines) is 1. The molecule has 2 heterocycles. The van der Waals surface area contributed by atoms with Gasteiger partial charge >= 0.3 is 0 Å². The van der Waals surface area contributed by atoms with Crippen molar-refractivity contribution in [3.63, 3.8) is 0 Å². The summed E-state index contributed by atoms with van der Waals surface area (Å²) in [7, 11) is 0. The average Bonchev–Trinajstić information content (AvgIpc) is 3.15. The van der Waals surface area contributed by atoms with E-state index in [9.17, 15) is 9.18 Å². The number of unbranched alkanes of at least 4 members (excludes halogenated alkanes) is 1. The van der Waals surface area contributed by atoms with E-state index in [1.165, 1.54) is 17.7 Å². The van der Waals surface area contributed by atoms with Gasteiger partial charge in [-0.1, -0.05) is 0 Å². The van der Waals surface area contributed by atoms with E-state index in [0.717, 1.165) is 88.2 Å². The molecule has 1 aromatic carbocycles. The molecular formula is C23H35FN6O. The molecule has 1 aromatic heterocycles. The smallest absolute Gasteiger partial charge is 0.220 e. The number of benzene rings is 1. The van der Waals surface area contributed by atoms with Crippen molar-refractivity contribution in [2.75, 3.05) is 39.3 Å². The molecule has 0 aliphatic carbocycles. The Kier molecular flexibility index (Phi) is 8.70. The molecule has 2 aromatic rings. The van der Waals surface area contributed by atoms with Gasteiger partial charge in [-0.05, 0) is 82.4 Å². The fraction of sp³-hybridized carbons (Fsp3) is 0.565. The first-order chi connectivity index (χ1) is 15.1. The van der Waals surface area contributed by atoms with E-state index in [1.807, 2.05) is 12.3 Å². The van der Waals surface area contributed by atoms with Crippen LogP contribution in [-0.2, 0) is 11.2 Å². The van der Waals surface area contributed by atoms with Crippen molar-refractivity contribution in [3.8, 4) is 0 Å². The highest BCUT2D eigenvalue weighted by molar-refractivity contribution is 5.83. The molecule has 0 bridgehead atoms. The summed E-state index contributed by atoms with van der Waals surface area (Å²) in [5.41, 5.74) is 7.39. The van der Waals surface area contributed by atoms with Gasteiger partial charge in [0, 0.05) is 42.7 Å². The Morgan fingerprint density at radius 3 is 2.84 bits per heavy atom. The van der Waals surface area contributed by atoms with E-state index in [2.05, 4.69) is 32.4 Å². The lowest BCUT2D eigenvalue weighted by molar-refractivity contribution is -0.123. The largest absolute Gasteiger partial charge is 0.369 e. The first-order valence-electron chi connectivity index (χ1n) is 11.4. The number of primary amides is 1. The summed E-state index contributed by atoms with van der Waals surface area (Å²) in [6.45, 7) is 7.37. The average molecular weight is 431 g/mol. The van der Waals surface area contributed by atoms with Crippen molar-refractivity contribution in [3.05, 3.63) is 35.8 Å². The van der Waals surface area contributed by atoms with Crippen LogP contribution in [0.15, 0.2) is 29.4 Å². The van der Waals surface area contributed by atoms with Gasteiger partial charge < -0.3 is 26.3 Å². The third-order valence-corrected chi connectivity index (χ3v) is 5.90. The SMILES string of the molecule is CCNC(=NCCCCN1CCC(C(N)=O)CC1)NCCc1c[nH]c2cc(F)ccc12. The summed E-state index contributed by atoms with van der Waals surface area (Å²) in [5.74, 6) is 0.502. The first-order valence-corrected chi connectivity index (χ1v) is 11.4. The van der Waals surface area contributed by atoms with E-state index in [1.54, 1.807) is 0 Å². The number of aromatic amines is 1. The van der Waals surface area contributed by atoms with Crippen molar-refractivity contribution in [1.29, 1.82) is 0 Å². The molecule has 1 aliphatic heterocycles. The molecule has 1 amide bonds. The van der Waals surface area contributed by atoms with Gasteiger partial charge in [0.1, 0.15) is 5.82 Å². The zero-order chi connectivity index (χ0) is 22.1. The summed E-state index contributed by atoms with van der Waals surface area (Å²) in [4.78, 5) is 21.5. The normalized spacial score (nSPS) is 16.0. The van der Waals surface area contributed by atoms with Gasteiger partial charge in [0.25, 0.3) is 0 Å². The number of amides is 1. The number of guanidine groups is 1. The van der Waals surface area contributed by atoms with Crippen LogP contribution in [0.5, 0.6) is 0 Å². The summed E-state index contributed by atoms with van der Waals surface area (Å²) in [6, 6.07) is 4.85. The van der Waals surface area contributed by atoms with E-state index < -0.39 is 0 Å². The number of rotatable bonds is 10. The minimum absolute atomic E-state index is 0.0556. The molecule has 1 saturated heterocycles. The van der Waals surface area contributed by atoms with Gasteiger partial charge in [0.2, 0.25) is 5.91 Å². The molecule has 7 nitrogen and oxygen atoms in total. The number of hydrogen-bond donors (Lipinski definition) is 4. The minimum Gasteiger partial charge on any atom is -0.369 e. The standard InChI is InChI=1S/C23H35FN6O/c1-2-26-23(27-10-3-4-12-30-13-8-17(9-14-30)22(25)31)28-11-7-18-16-29-21-15-19(24)5-6-20(18)21/h5-6,15-17,29H,2-4,7-14H2,1H3,(H2,25,31)(H2,26,27,28). The maximum absolute atomic E-state index is 13.3. The number of H-pyrrole nitrogens is 1. The number of aliphatic imine (C=N–C) groups is 1. The predicted octanol–water partition coefficient (Wildman–Crippen LogP) is 2.38. The van der Waals surface area contributed by atoms with Crippen LogP contribution in [0.2, 0.25) is 0 Å². The third-order valence-electron chi connectivity index (χ3n) is 5.90. The lowest BCUT2D eigenvalue weighted by Gasteiger charge is -2.30. The van der Waals surface area contributed by atoms with Crippen molar-refractivity contribution >= 4 is 22.8 Å². The second-order valence-electron chi connectivity index (χ2n) is 8.17. The van der Waals surface area contributed by atoms with Gasteiger partial charge in [-0.25, -0.2) is 4.39 Å². The summed E-state index contributed by atoms with van der Waals surface area (Å²) in [6.07, 6.45) is 6.66. The van der Waals surface area contributed by atoms with Crippen molar-refractivity contribution in [2.24, 2.45) is 16.6 Å². The second kappa shape index (κ2) is 11.7. The van der Waals surface area contributed by atoms with Gasteiger partial charge in [0.05, 0.1) is 0 Å². The number of nitrogens with one attached hydrogen (secondary N) is 3. The Morgan fingerprint density at radius 2 is 2.10 bits per heavy atom. The Morgan fingerprint density at radius 1 is 1.29 bits per heavy atom. The molecule has 170 valence electrons. The fourth-order valence-corrected chi connectivity index (χ4v) is 4.10. The first kappa shape index (κ1) is 23.1. The van der Waals surface area contributed by atoms with E-state index in [4.69, 9.17) is 5.73 Å². The highest BCUT2D eigenvalue weighted by Gasteiger charge is 2.22. The number of halogens is 1. The quantitative estimate of drug-likeness (QED) is 0.264. The van der Waals surface area contributed by atoms with Crippen LogP contribution in [0.3, 0.4) is 0 Å². The Bertz CT molecular complexity index is 872. The predicted molar refractivity (Wildman–Crippen MR) is 124 cm³/mol. The number of carbonyl (C=O) groups excluding carboxylic acids is 1. The van der Waals surface area contributed by atoms with E-state index in [-0.39, 0.29) is 17.6 Å². The van der Waals surface area contributed by atoms with Gasteiger partial charge in [-0.3, -0.25) is 9.79 Å².